The molecule has 0 saturated heterocycles. The van der Waals surface area contributed by atoms with Crippen LogP contribution >= 0.6 is 15.9 Å². The molecule has 0 radical (unpaired) electrons. The van der Waals surface area contributed by atoms with E-state index >= 15 is 0 Å². The predicted molar refractivity (Wildman–Crippen MR) is 115 cm³/mol. The molecule has 0 unspecified atom stereocenters. The van der Waals surface area contributed by atoms with Crippen molar-refractivity contribution >= 4 is 39.2 Å². The molecule has 3 aromatic rings. The summed E-state index contributed by atoms with van der Waals surface area (Å²) in [6, 6.07) is 22.6. The van der Waals surface area contributed by atoms with Gasteiger partial charge in [0.05, 0.1) is 0 Å². The highest BCUT2D eigenvalue weighted by Gasteiger charge is 2.23. The van der Waals surface area contributed by atoms with E-state index < -0.39 is 12.1 Å². The summed E-state index contributed by atoms with van der Waals surface area (Å²) in [6.45, 7) is 1.97. The molecule has 3 rings (SSSR count). The molecule has 0 spiro atoms. The smallest absolute Gasteiger partial charge is 0.320 e. The number of carbonyl (C=O) groups excluding carboxylic acids is 2. The number of hydrogen-bond acceptors (Lipinski definition) is 2. The second kappa shape index (κ2) is 9.19. The number of amides is 3. The molecule has 142 valence electrons. The fourth-order valence-electron chi connectivity index (χ4n) is 2.66. The van der Waals surface area contributed by atoms with E-state index in [1.807, 2.05) is 61.5 Å². The molecule has 0 bridgehead atoms. The van der Waals surface area contributed by atoms with Crippen molar-refractivity contribution in [3.05, 3.63) is 94.5 Å². The van der Waals surface area contributed by atoms with Crippen LogP contribution in [0.3, 0.4) is 0 Å². The number of benzene rings is 3. The highest BCUT2D eigenvalue weighted by molar-refractivity contribution is 9.10. The Morgan fingerprint density at radius 1 is 0.821 bits per heavy atom. The molecular formula is C22H20BrN3O2. The molecule has 3 amide bonds. The molecule has 0 aliphatic carbocycles. The van der Waals surface area contributed by atoms with Crippen molar-refractivity contribution in [3.63, 3.8) is 0 Å². The van der Waals surface area contributed by atoms with Crippen LogP contribution in [-0.4, -0.2) is 11.9 Å². The van der Waals surface area contributed by atoms with Crippen LogP contribution < -0.4 is 16.0 Å². The molecule has 3 aromatic carbocycles. The average molecular weight is 438 g/mol. The van der Waals surface area contributed by atoms with E-state index in [0.717, 1.165) is 10.0 Å². The maximum Gasteiger partial charge on any atom is 0.320 e. The Balaban J connectivity index is 1.76. The zero-order valence-electron chi connectivity index (χ0n) is 15.3. The third-order valence-electron chi connectivity index (χ3n) is 4.07. The molecule has 0 aliphatic heterocycles. The van der Waals surface area contributed by atoms with E-state index in [4.69, 9.17) is 0 Å². The summed E-state index contributed by atoms with van der Waals surface area (Å²) in [5, 5.41) is 8.36. The Morgan fingerprint density at radius 3 is 2.21 bits per heavy atom. The van der Waals surface area contributed by atoms with Gasteiger partial charge in [0.25, 0.3) is 5.91 Å². The number of rotatable bonds is 5. The van der Waals surface area contributed by atoms with E-state index in [9.17, 15) is 9.59 Å². The quantitative estimate of drug-likeness (QED) is 0.509. The molecular weight excluding hydrogens is 418 g/mol. The average Bonchev–Trinajstić information content (AvgIpc) is 2.68. The zero-order valence-corrected chi connectivity index (χ0v) is 16.9. The summed E-state index contributed by atoms with van der Waals surface area (Å²) >= 11 is 3.39. The van der Waals surface area contributed by atoms with Crippen molar-refractivity contribution in [2.75, 3.05) is 10.6 Å². The van der Waals surface area contributed by atoms with Crippen molar-refractivity contribution < 1.29 is 9.59 Å². The number of urea groups is 1. The first-order valence-corrected chi connectivity index (χ1v) is 9.56. The lowest BCUT2D eigenvalue weighted by Gasteiger charge is -2.19. The van der Waals surface area contributed by atoms with Gasteiger partial charge in [-0.1, -0.05) is 70.0 Å². The molecule has 0 saturated carbocycles. The third kappa shape index (κ3) is 5.44. The lowest BCUT2D eigenvalue weighted by Crippen LogP contribution is -2.39. The van der Waals surface area contributed by atoms with E-state index in [2.05, 4.69) is 31.9 Å². The fourth-order valence-corrected chi connectivity index (χ4v) is 3.06. The van der Waals surface area contributed by atoms with Gasteiger partial charge < -0.3 is 16.0 Å². The van der Waals surface area contributed by atoms with Gasteiger partial charge in [0, 0.05) is 15.8 Å². The normalized spacial score (nSPS) is 11.4. The van der Waals surface area contributed by atoms with Crippen molar-refractivity contribution in [2.45, 2.75) is 13.0 Å². The van der Waals surface area contributed by atoms with Crippen LogP contribution in [0, 0.1) is 6.92 Å². The maximum atomic E-state index is 12.9. The molecule has 6 heteroatoms. The molecule has 1 atom stereocenters. The van der Waals surface area contributed by atoms with Gasteiger partial charge in [-0.3, -0.25) is 4.79 Å². The number of halogens is 1. The number of nitrogens with one attached hydrogen (secondary N) is 3. The summed E-state index contributed by atoms with van der Waals surface area (Å²) in [6.07, 6.45) is 0. The first-order valence-electron chi connectivity index (χ1n) is 8.77. The molecule has 0 aliphatic rings. The molecule has 5 nitrogen and oxygen atoms in total. The standard InChI is InChI=1S/C22H20BrN3O2/c1-15-10-12-18(13-11-15)25-22(28)26-20(16-6-3-2-4-7-16)21(27)24-19-9-5-8-17(23)14-19/h2-14,20H,1H3,(H,24,27)(H2,25,26,28)/t20-/m1/s1. The van der Waals surface area contributed by atoms with Crippen LogP contribution in [0.5, 0.6) is 0 Å². The van der Waals surface area contributed by atoms with Gasteiger partial charge in [0.15, 0.2) is 0 Å². The molecule has 3 N–H and O–H groups in total. The van der Waals surface area contributed by atoms with Crippen LogP contribution in [0.4, 0.5) is 16.2 Å². The Kier molecular flexibility index (Phi) is 6.45. The first-order chi connectivity index (χ1) is 13.5. The minimum absolute atomic E-state index is 0.330. The van der Waals surface area contributed by atoms with Gasteiger partial charge in [0.1, 0.15) is 6.04 Å². The minimum atomic E-state index is -0.842. The molecule has 0 fully saturated rings. The Labute approximate surface area is 172 Å². The topological polar surface area (TPSA) is 70.2 Å². The minimum Gasteiger partial charge on any atom is -0.324 e. The van der Waals surface area contributed by atoms with Crippen LogP contribution in [0.15, 0.2) is 83.3 Å². The van der Waals surface area contributed by atoms with E-state index in [1.165, 1.54) is 0 Å². The Bertz CT molecular complexity index is 959. The van der Waals surface area contributed by atoms with Crippen molar-refractivity contribution in [2.24, 2.45) is 0 Å². The van der Waals surface area contributed by atoms with E-state index in [0.29, 0.717) is 16.9 Å². The van der Waals surface area contributed by atoms with Crippen LogP contribution in [0.1, 0.15) is 17.2 Å². The monoisotopic (exact) mass is 437 g/mol. The Hall–Kier alpha value is -3.12. The third-order valence-corrected chi connectivity index (χ3v) is 4.57. The van der Waals surface area contributed by atoms with Crippen molar-refractivity contribution in [1.29, 1.82) is 0 Å². The molecule has 0 aromatic heterocycles. The zero-order chi connectivity index (χ0) is 19.9. The van der Waals surface area contributed by atoms with Gasteiger partial charge in [-0.05, 0) is 42.8 Å². The number of carbonyl (C=O) groups is 2. The van der Waals surface area contributed by atoms with Crippen LogP contribution in [0.2, 0.25) is 0 Å². The maximum absolute atomic E-state index is 12.9. The number of anilines is 2. The summed E-state index contributed by atoms with van der Waals surface area (Å²) < 4.78 is 0.853. The highest BCUT2D eigenvalue weighted by Crippen LogP contribution is 2.19. The van der Waals surface area contributed by atoms with Gasteiger partial charge in [-0.15, -0.1) is 0 Å². The van der Waals surface area contributed by atoms with E-state index in [1.54, 1.807) is 24.3 Å². The molecule has 0 heterocycles. The van der Waals surface area contributed by atoms with Crippen LogP contribution in [0.25, 0.3) is 0 Å². The summed E-state index contributed by atoms with van der Waals surface area (Å²) in [5.74, 6) is -0.330. The summed E-state index contributed by atoms with van der Waals surface area (Å²) in [5.41, 5.74) is 3.08. The van der Waals surface area contributed by atoms with Gasteiger partial charge >= 0.3 is 6.03 Å². The Morgan fingerprint density at radius 2 is 1.54 bits per heavy atom. The van der Waals surface area contributed by atoms with Crippen LogP contribution in [-0.2, 0) is 4.79 Å². The number of hydrogen-bond donors (Lipinski definition) is 3. The molecule has 28 heavy (non-hydrogen) atoms. The second-order valence-corrected chi connectivity index (χ2v) is 7.22. The lowest BCUT2D eigenvalue weighted by atomic mass is 10.1. The predicted octanol–water partition coefficient (Wildman–Crippen LogP) is 5.26. The first kappa shape index (κ1) is 19.6. The summed E-state index contributed by atoms with van der Waals surface area (Å²) in [4.78, 5) is 25.4. The largest absolute Gasteiger partial charge is 0.324 e. The SMILES string of the molecule is Cc1ccc(NC(=O)N[C@@H](C(=O)Nc2cccc(Br)c2)c2ccccc2)cc1. The van der Waals surface area contributed by atoms with E-state index in [-0.39, 0.29) is 5.91 Å². The second-order valence-electron chi connectivity index (χ2n) is 6.31. The highest BCUT2D eigenvalue weighted by atomic mass is 79.9. The lowest BCUT2D eigenvalue weighted by molar-refractivity contribution is -0.118. The van der Waals surface area contributed by atoms with Gasteiger partial charge in [-0.25, -0.2) is 4.79 Å². The fraction of sp³-hybridized carbons (Fsp3) is 0.0909. The summed E-state index contributed by atoms with van der Waals surface area (Å²) in [7, 11) is 0. The van der Waals surface area contributed by atoms with Crippen molar-refractivity contribution in [1.82, 2.24) is 5.32 Å². The number of aryl methyl sites for hydroxylation is 1. The van der Waals surface area contributed by atoms with Crippen molar-refractivity contribution in [3.8, 4) is 0 Å². The van der Waals surface area contributed by atoms with Gasteiger partial charge in [0.2, 0.25) is 0 Å². The van der Waals surface area contributed by atoms with Gasteiger partial charge in [-0.2, -0.15) is 0 Å².